The Bertz CT molecular complexity index is 475. The lowest BCUT2D eigenvalue weighted by Gasteiger charge is -2.14. The van der Waals surface area contributed by atoms with E-state index in [1.807, 2.05) is 0 Å². The Morgan fingerprint density at radius 2 is 2.10 bits per heavy atom. The van der Waals surface area contributed by atoms with Gasteiger partial charge in [-0.05, 0) is 40.9 Å². The van der Waals surface area contributed by atoms with E-state index in [2.05, 4.69) is 26.0 Å². The molecule has 1 N–H and O–H groups in total. The van der Waals surface area contributed by atoms with Gasteiger partial charge in [-0.2, -0.15) is 8.78 Å². The van der Waals surface area contributed by atoms with Gasteiger partial charge in [-0.1, -0.05) is 11.6 Å². The third-order valence-electron chi connectivity index (χ3n) is 2.28. The molecule has 0 saturated heterocycles. The summed E-state index contributed by atoms with van der Waals surface area (Å²) in [5, 5.41) is 2.79. The van der Waals surface area contributed by atoms with Gasteiger partial charge in [0, 0.05) is 17.3 Å². The highest BCUT2D eigenvalue weighted by molar-refractivity contribution is 9.10. The number of rotatable bonds is 7. The summed E-state index contributed by atoms with van der Waals surface area (Å²) in [5.41, 5.74) is 0.0977. The summed E-state index contributed by atoms with van der Waals surface area (Å²) >= 11 is 14.4. The fraction of sp³-hybridized carbons (Fsp3) is 0.417. The molecule has 0 bridgehead atoms. The number of nitrogens with one attached hydrogen (secondary N) is 1. The van der Waals surface area contributed by atoms with Crippen molar-refractivity contribution >= 4 is 50.7 Å². The summed E-state index contributed by atoms with van der Waals surface area (Å²) in [6, 6.07) is 2.76. The van der Waals surface area contributed by atoms with Gasteiger partial charge in [-0.15, -0.1) is 11.6 Å². The predicted molar refractivity (Wildman–Crippen MR) is 79.0 cm³/mol. The van der Waals surface area contributed by atoms with Crippen molar-refractivity contribution in [1.82, 2.24) is 0 Å². The van der Waals surface area contributed by atoms with Crippen molar-refractivity contribution in [2.75, 3.05) is 11.2 Å². The summed E-state index contributed by atoms with van der Waals surface area (Å²) in [4.78, 5) is 11.7. The average molecular weight is 391 g/mol. The number of anilines is 1. The van der Waals surface area contributed by atoms with E-state index in [9.17, 15) is 13.6 Å². The van der Waals surface area contributed by atoms with Crippen LogP contribution in [0.3, 0.4) is 0 Å². The average Bonchev–Trinajstić information content (AvgIpc) is 2.33. The van der Waals surface area contributed by atoms with E-state index < -0.39 is 6.61 Å². The quantitative estimate of drug-likeness (QED) is 0.522. The number of carbonyl (C=O) groups excluding carboxylic acids is 1. The van der Waals surface area contributed by atoms with Crippen LogP contribution < -0.4 is 10.1 Å². The van der Waals surface area contributed by atoms with Gasteiger partial charge in [0.05, 0.1) is 10.2 Å². The second kappa shape index (κ2) is 8.64. The summed E-state index contributed by atoms with van der Waals surface area (Å²) < 4.78 is 29.3. The van der Waals surface area contributed by atoms with Gasteiger partial charge in [0.2, 0.25) is 5.91 Å². The molecule has 0 aliphatic carbocycles. The minimum atomic E-state index is -3.00. The van der Waals surface area contributed by atoms with Gasteiger partial charge in [-0.25, -0.2) is 0 Å². The summed E-state index contributed by atoms with van der Waals surface area (Å²) in [5.74, 6) is -0.00562. The zero-order valence-electron chi connectivity index (χ0n) is 10.3. The molecule has 0 saturated carbocycles. The Balaban J connectivity index is 2.84. The predicted octanol–water partition coefficient (Wildman–Crippen LogP) is 5.05. The first-order valence-electron chi connectivity index (χ1n) is 5.73. The van der Waals surface area contributed by atoms with E-state index in [4.69, 9.17) is 23.2 Å². The topological polar surface area (TPSA) is 38.3 Å². The molecule has 0 aromatic heterocycles. The number of benzene rings is 1. The largest absolute Gasteiger partial charge is 0.431 e. The Labute approximate surface area is 133 Å². The van der Waals surface area contributed by atoms with Gasteiger partial charge in [0.1, 0.15) is 0 Å². The number of amides is 1. The van der Waals surface area contributed by atoms with Crippen LogP contribution in [0.15, 0.2) is 16.6 Å². The molecule has 0 atom stereocenters. The van der Waals surface area contributed by atoms with Gasteiger partial charge in [0.25, 0.3) is 0 Å². The maximum atomic E-state index is 12.4. The molecule has 0 aliphatic heterocycles. The van der Waals surface area contributed by atoms with Crippen LogP contribution in [-0.4, -0.2) is 18.4 Å². The zero-order valence-corrected chi connectivity index (χ0v) is 13.4. The molecular formula is C12H12BrCl2F2NO2. The van der Waals surface area contributed by atoms with Gasteiger partial charge < -0.3 is 10.1 Å². The first kappa shape index (κ1) is 17.5. The Kier molecular flexibility index (Phi) is 7.55. The van der Waals surface area contributed by atoms with Crippen LogP contribution in [0.2, 0.25) is 5.02 Å². The van der Waals surface area contributed by atoms with Crippen molar-refractivity contribution in [3.63, 3.8) is 0 Å². The lowest BCUT2D eigenvalue weighted by atomic mass is 10.2. The molecule has 0 radical (unpaired) electrons. The van der Waals surface area contributed by atoms with E-state index >= 15 is 0 Å². The van der Waals surface area contributed by atoms with Crippen LogP contribution in [0.1, 0.15) is 19.3 Å². The molecule has 20 heavy (non-hydrogen) atoms. The number of carbonyl (C=O) groups is 1. The molecule has 0 fully saturated rings. The first-order valence-corrected chi connectivity index (χ1v) is 7.44. The van der Waals surface area contributed by atoms with Gasteiger partial charge >= 0.3 is 6.61 Å². The Morgan fingerprint density at radius 3 is 2.70 bits per heavy atom. The standard InChI is InChI=1S/C12H12BrCl2F2NO2/c13-8-5-7(15)6-9(11(8)20-12(16)17)18-10(19)3-1-2-4-14/h5-6,12H,1-4H2,(H,18,19). The third-order valence-corrected chi connectivity index (χ3v) is 3.35. The number of hydrogen-bond donors (Lipinski definition) is 1. The van der Waals surface area contributed by atoms with Crippen LogP contribution in [0.4, 0.5) is 14.5 Å². The smallest absolute Gasteiger partial charge is 0.387 e. The minimum absolute atomic E-state index is 0.0977. The van der Waals surface area contributed by atoms with E-state index in [0.717, 1.165) is 0 Å². The SMILES string of the molecule is O=C(CCCCCl)Nc1cc(Cl)cc(Br)c1OC(F)F. The van der Waals surface area contributed by atoms with E-state index in [-0.39, 0.29) is 33.3 Å². The van der Waals surface area contributed by atoms with Crippen molar-refractivity contribution in [3.8, 4) is 5.75 Å². The van der Waals surface area contributed by atoms with Gasteiger partial charge in [0.15, 0.2) is 5.75 Å². The normalized spacial score (nSPS) is 10.7. The molecule has 8 heteroatoms. The number of hydrogen-bond acceptors (Lipinski definition) is 2. The molecular weight excluding hydrogens is 379 g/mol. The fourth-order valence-electron chi connectivity index (χ4n) is 1.45. The molecule has 0 unspecified atom stereocenters. The van der Waals surface area contributed by atoms with Crippen LogP contribution in [0, 0.1) is 0 Å². The van der Waals surface area contributed by atoms with Crippen LogP contribution >= 0.6 is 39.1 Å². The van der Waals surface area contributed by atoms with E-state index in [0.29, 0.717) is 18.7 Å². The highest BCUT2D eigenvalue weighted by Crippen LogP contribution is 2.37. The Morgan fingerprint density at radius 1 is 1.40 bits per heavy atom. The van der Waals surface area contributed by atoms with Crippen molar-refractivity contribution in [1.29, 1.82) is 0 Å². The van der Waals surface area contributed by atoms with Crippen LogP contribution in [-0.2, 0) is 4.79 Å². The fourth-order valence-corrected chi connectivity index (χ4v) is 2.55. The first-order chi connectivity index (χ1) is 9.43. The monoisotopic (exact) mass is 389 g/mol. The van der Waals surface area contributed by atoms with Crippen molar-refractivity contribution in [3.05, 3.63) is 21.6 Å². The molecule has 3 nitrogen and oxygen atoms in total. The lowest BCUT2D eigenvalue weighted by Crippen LogP contribution is -2.13. The number of alkyl halides is 3. The molecule has 0 spiro atoms. The van der Waals surface area contributed by atoms with Crippen LogP contribution in [0.5, 0.6) is 5.75 Å². The molecule has 112 valence electrons. The number of ether oxygens (including phenoxy) is 1. The highest BCUT2D eigenvalue weighted by atomic mass is 79.9. The van der Waals surface area contributed by atoms with Crippen LogP contribution in [0.25, 0.3) is 0 Å². The maximum Gasteiger partial charge on any atom is 0.387 e. The minimum Gasteiger partial charge on any atom is -0.431 e. The lowest BCUT2D eigenvalue weighted by molar-refractivity contribution is -0.116. The van der Waals surface area contributed by atoms with E-state index in [1.165, 1.54) is 12.1 Å². The molecule has 0 heterocycles. The summed E-state index contributed by atoms with van der Waals surface area (Å²) in [7, 11) is 0. The number of unbranched alkanes of at least 4 members (excludes halogenated alkanes) is 1. The number of halogens is 5. The molecule has 1 aromatic rings. The molecule has 0 aliphatic rings. The van der Waals surface area contributed by atoms with Crippen molar-refractivity contribution in [2.24, 2.45) is 0 Å². The second-order valence-corrected chi connectivity index (χ2v) is 5.51. The highest BCUT2D eigenvalue weighted by Gasteiger charge is 2.16. The zero-order chi connectivity index (χ0) is 15.1. The summed E-state index contributed by atoms with van der Waals surface area (Å²) in [6.45, 7) is -3.00. The third kappa shape index (κ3) is 5.81. The molecule has 1 aromatic carbocycles. The molecule has 1 amide bonds. The second-order valence-electron chi connectivity index (χ2n) is 3.84. The Hall–Kier alpha value is -0.590. The van der Waals surface area contributed by atoms with Crippen molar-refractivity contribution in [2.45, 2.75) is 25.9 Å². The molecule has 1 rings (SSSR count). The maximum absolute atomic E-state index is 12.4. The van der Waals surface area contributed by atoms with Crippen molar-refractivity contribution < 1.29 is 18.3 Å². The van der Waals surface area contributed by atoms with Gasteiger partial charge in [-0.3, -0.25) is 4.79 Å². The summed E-state index contributed by atoms with van der Waals surface area (Å²) in [6.07, 6.45) is 1.56. The van der Waals surface area contributed by atoms with E-state index in [1.54, 1.807) is 0 Å².